The maximum Gasteiger partial charge on any atom is 0.127 e. The van der Waals surface area contributed by atoms with Gasteiger partial charge in [-0.2, -0.15) is 0 Å². The summed E-state index contributed by atoms with van der Waals surface area (Å²) in [6.45, 7) is 3.54. The Labute approximate surface area is 127 Å². The van der Waals surface area contributed by atoms with Crippen molar-refractivity contribution in [2.24, 2.45) is 0 Å². The van der Waals surface area contributed by atoms with Crippen molar-refractivity contribution < 1.29 is 4.74 Å². The summed E-state index contributed by atoms with van der Waals surface area (Å²) >= 11 is 3.56. The van der Waals surface area contributed by atoms with E-state index in [2.05, 4.69) is 39.4 Å². The molecular formula is C16H17BrN2O. The van der Waals surface area contributed by atoms with E-state index in [-0.39, 0.29) is 0 Å². The molecule has 0 unspecified atom stereocenters. The molecule has 0 aromatic heterocycles. The van der Waals surface area contributed by atoms with Gasteiger partial charge in [0.05, 0.1) is 6.61 Å². The number of ether oxygens (including phenoxy) is 1. The fourth-order valence-corrected chi connectivity index (χ4v) is 3.14. The first-order valence-corrected chi connectivity index (χ1v) is 7.46. The van der Waals surface area contributed by atoms with E-state index in [1.165, 1.54) is 11.1 Å². The number of rotatable bonds is 3. The number of hydrogen-bond acceptors (Lipinski definition) is 3. The molecule has 3 nitrogen and oxygen atoms in total. The first-order valence-electron chi connectivity index (χ1n) is 6.67. The number of nitrogens with one attached hydrogen (secondary N) is 1. The lowest BCUT2D eigenvalue weighted by atomic mass is 10.1. The van der Waals surface area contributed by atoms with E-state index in [9.17, 15) is 0 Å². The van der Waals surface area contributed by atoms with Crippen molar-refractivity contribution in [3.8, 4) is 5.75 Å². The lowest BCUT2D eigenvalue weighted by Crippen LogP contribution is -2.02. The third kappa shape index (κ3) is 2.75. The van der Waals surface area contributed by atoms with Crippen LogP contribution in [0.5, 0.6) is 5.75 Å². The number of fused-ring (bicyclic) bond motifs is 1. The van der Waals surface area contributed by atoms with Crippen LogP contribution in [0.3, 0.4) is 0 Å². The summed E-state index contributed by atoms with van der Waals surface area (Å²) in [5.41, 5.74) is 11.3. The van der Waals surface area contributed by atoms with Crippen molar-refractivity contribution >= 4 is 27.3 Å². The molecular weight excluding hydrogens is 316 g/mol. The summed E-state index contributed by atoms with van der Waals surface area (Å²) in [6, 6.07) is 10.2. The van der Waals surface area contributed by atoms with Crippen molar-refractivity contribution in [1.29, 1.82) is 0 Å². The minimum atomic E-state index is 0.727. The van der Waals surface area contributed by atoms with E-state index >= 15 is 0 Å². The van der Waals surface area contributed by atoms with Crippen LogP contribution >= 0.6 is 15.9 Å². The van der Waals surface area contributed by atoms with Crippen molar-refractivity contribution in [3.05, 3.63) is 51.5 Å². The van der Waals surface area contributed by atoms with Gasteiger partial charge in [0.2, 0.25) is 0 Å². The normalized spacial score (nSPS) is 12.9. The smallest absolute Gasteiger partial charge is 0.127 e. The molecule has 0 saturated heterocycles. The van der Waals surface area contributed by atoms with Gasteiger partial charge < -0.3 is 15.8 Å². The molecule has 104 valence electrons. The Morgan fingerprint density at radius 1 is 1.25 bits per heavy atom. The highest BCUT2D eigenvalue weighted by molar-refractivity contribution is 9.10. The number of halogens is 1. The van der Waals surface area contributed by atoms with Crippen molar-refractivity contribution in [1.82, 2.24) is 0 Å². The van der Waals surface area contributed by atoms with E-state index in [1.54, 1.807) is 0 Å². The third-order valence-electron chi connectivity index (χ3n) is 3.41. The molecule has 1 heterocycles. The lowest BCUT2D eigenvalue weighted by Gasteiger charge is -2.12. The zero-order valence-electron chi connectivity index (χ0n) is 11.4. The van der Waals surface area contributed by atoms with Crippen LogP contribution in [0.1, 0.15) is 16.7 Å². The van der Waals surface area contributed by atoms with E-state index in [0.717, 1.165) is 46.7 Å². The molecule has 4 heteroatoms. The molecule has 0 spiro atoms. The second-order valence-corrected chi connectivity index (χ2v) is 6.05. The number of anilines is 2. The maximum atomic E-state index is 5.87. The van der Waals surface area contributed by atoms with Crippen LogP contribution in [0, 0.1) is 6.92 Å². The first-order chi connectivity index (χ1) is 9.61. The highest BCUT2D eigenvalue weighted by atomic mass is 79.9. The highest BCUT2D eigenvalue weighted by Crippen LogP contribution is 2.33. The molecule has 0 fully saturated rings. The van der Waals surface area contributed by atoms with Gasteiger partial charge in [-0.3, -0.25) is 0 Å². The molecule has 3 N–H and O–H groups in total. The molecule has 0 aliphatic carbocycles. The molecule has 0 saturated carbocycles. The number of benzene rings is 2. The average molecular weight is 333 g/mol. The van der Waals surface area contributed by atoms with Gasteiger partial charge >= 0.3 is 0 Å². The second kappa shape index (κ2) is 5.37. The molecule has 0 radical (unpaired) electrons. The number of nitrogen functional groups attached to an aromatic ring is 1. The minimum Gasteiger partial charge on any atom is -0.493 e. The van der Waals surface area contributed by atoms with Crippen LogP contribution < -0.4 is 15.8 Å². The predicted octanol–water partition coefficient (Wildman–Crippen LogP) is 3.89. The van der Waals surface area contributed by atoms with Gasteiger partial charge in [0, 0.05) is 34.4 Å². The minimum absolute atomic E-state index is 0.727. The fourth-order valence-electron chi connectivity index (χ4n) is 2.59. The number of nitrogens with two attached hydrogens (primary N) is 1. The Bertz CT molecular complexity index is 635. The van der Waals surface area contributed by atoms with Gasteiger partial charge in [0.15, 0.2) is 0 Å². The van der Waals surface area contributed by atoms with Crippen LogP contribution in [0.25, 0.3) is 0 Å². The molecule has 20 heavy (non-hydrogen) atoms. The van der Waals surface area contributed by atoms with E-state index in [0.29, 0.717) is 0 Å². The fraction of sp³-hybridized carbons (Fsp3) is 0.250. The van der Waals surface area contributed by atoms with Gasteiger partial charge in [0.25, 0.3) is 0 Å². The lowest BCUT2D eigenvalue weighted by molar-refractivity contribution is 0.354. The monoisotopic (exact) mass is 332 g/mol. The SMILES string of the molecule is Cc1cc(N)cc(NCc2cc(Br)cc3c2OCC3)c1. The summed E-state index contributed by atoms with van der Waals surface area (Å²) in [5.74, 6) is 1.03. The summed E-state index contributed by atoms with van der Waals surface area (Å²) in [7, 11) is 0. The molecule has 0 atom stereocenters. The molecule has 1 aliphatic rings. The Morgan fingerprint density at radius 2 is 2.10 bits per heavy atom. The quantitative estimate of drug-likeness (QED) is 0.838. The molecule has 1 aliphatic heterocycles. The van der Waals surface area contributed by atoms with Gasteiger partial charge in [0.1, 0.15) is 5.75 Å². The van der Waals surface area contributed by atoms with Gasteiger partial charge in [-0.25, -0.2) is 0 Å². The van der Waals surface area contributed by atoms with Crippen molar-refractivity contribution in [3.63, 3.8) is 0 Å². The van der Waals surface area contributed by atoms with Crippen molar-refractivity contribution in [2.75, 3.05) is 17.7 Å². The summed E-state index contributed by atoms with van der Waals surface area (Å²) in [6.07, 6.45) is 0.985. The Morgan fingerprint density at radius 3 is 2.90 bits per heavy atom. The van der Waals surface area contributed by atoms with Crippen LogP contribution in [-0.2, 0) is 13.0 Å². The Hall–Kier alpha value is -1.68. The van der Waals surface area contributed by atoms with Gasteiger partial charge in [-0.1, -0.05) is 15.9 Å². The van der Waals surface area contributed by atoms with E-state index < -0.39 is 0 Å². The zero-order chi connectivity index (χ0) is 14.1. The predicted molar refractivity (Wildman–Crippen MR) is 86.3 cm³/mol. The third-order valence-corrected chi connectivity index (χ3v) is 3.87. The highest BCUT2D eigenvalue weighted by Gasteiger charge is 2.17. The average Bonchev–Trinajstić information content (AvgIpc) is 2.82. The van der Waals surface area contributed by atoms with Crippen LogP contribution in [0.2, 0.25) is 0 Å². The van der Waals surface area contributed by atoms with E-state index in [1.807, 2.05) is 19.1 Å². The molecule has 2 aromatic rings. The van der Waals surface area contributed by atoms with Crippen molar-refractivity contribution in [2.45, 2.75) is 19.9 Å². The molecule has 2 aromatic carbocycles. The van der Waals surface area contributed by atoms with Crippen LogP contribution in [-0.4, -0.2) is 6.61 Å². The summed E-state index contributed by atoms with van der Waals surface area (Å²) in [5, 5.41) is 3.42. The van der Waals surface area contributed by atoms with E-state index in [4.69, 9.17) is 10.5 Å². The second-order valence-electron chi connectivity index (χ2n) is 5.14. The maximum absolute atomic E-state index is 5.87. The largest absolute Gasteiger partial charge is 0.493 e. The zero-order valence-corrected chi connectivity index (χ0v) is 13.0. The van der Waals surface area contributed by atoms with Gasteiger partial charge in [-0.05, 0) is 48.4 Å². The summed E-state index contributed by atoms with van der Waals surface area (Å²) in [4.78, 5) is 0. The number of hydrogen-bond donors (Lipinski definition) is 2. The standard InChI is InChI=1S/C16H17BrN2O/c1-10-4-14(18)8-15(5-10)19-9-12-7-13(17)6-11-2-3-20-16(11)12/h4-8,19H,2-3,9,18H2,1H3. The first kappa shape index (κ1) is 13.3. The molecule has 0 amide bonds. The van der Waals surface area contributed by atoms with Gasteiger partial charge in [-0.15, -0.1) is 0 Å². The molecule has 3 rings (SSSR count). The topological polar surface area (TPSA) is 47.3 Å². The molecule has 0 bridgehead atoms. The van der Waals surface area contributed by atoms with Crippen LogP contribution in [0.4, 0.5) is 11.4 Å². The van der Waals surface area contributed by atoms with Crippen LogP contribution in [0.15, 0.2) is 34.8 Å². The Balaban J connectivity index is 1.82. The number of aryl methyl sites for hydroxylation is 1. The summed E-state index contributed by atoms with van der Waals surface area (Å²) < 4.78 is 6.83. The Kier molecular flexibility index (Phi) is 3.57.